The van der Waals surface area contributed by atoms with Crippen LogP contribution in [-0.2, 0) is 6.54 Å². The van der Waals surface area contributed by atoms with Crippen molar-refractivity contribution < 1.29 is 0 Å². The van der Waals surface area contributed by atoms with Gasteiger partial charge < -0.3 is 0 Å². The average Bonchev–Trinajstić information content (AvgIpc) is 3.11. The van der Waals surface area contributed by atoms with Gasteiger partial charge in [-0.05, 0) is 60.0 Å². The summed E-state index contributed by atoms with van der Waals surface area (Å²) in [7, 11) is 0. The Bertz CT molecular complexity index is 1570. The molecule has 5 rings (SSSR count). The van der Waals surface area contributed by atoms with E-state index in [0.29, 0.717) is 22.8 Å². The van der Waals surface area contributed by atoms with E-state index in [9.17, 15) is 10.1 Å². The van der Waals surface area contributed by atoms with Crippen molar-refractivity contribution in [2.75, 3.05) is 0 Å². The molecule has 0 unspecified atom stereocenters. The van der Waals surface area contributed by atoms with E-state index in [0.717, 1.165) is 39.5 Å². The Morgan fingerprint density at radius 3 is 2.56 bits per heavy atom. The smallest absolute Gasteiger partial charge is 0.290 e. The van der Waals surface area contributed by atoms with Crippen LogP contribution in [0, 0.1) is 11.3 Å². The van der Waals surface area contributed by atoms with Crippen molar-refractivity contribution in [2.45, 2.75) is 19.9 Å². The number of rotatable bonds is 4. The van der Waals surface area contributed by atoms with E-state index in [2.05, 4.69) is 17.1 Å². The highest BCUT2D eigenvalue weighted by Crippen LogP contribution is 2.30. The lowest BCUT2D eigenvalue weighted by Crippen LogP contribution is -2.23. The summed E-state index contributed by atoms with van der Waals surface area (Å²) in [5, 5.41) is 10.9. The van der Waals surface area contributed by atoms with Crippen LogP contribution < -0.4 is 5.69 Å². The summed E-state index contributed by atoms with van der Waals surface area (Å²) in [6, 6.07) is 23.0. The van der Waals surface area contributed by atoms with Gasteiger partial charge in [-0.25, -0.2) is 4.79 Å². The molecule has 0 radical (unpaired) electrons. The van der Waals surface area contributed by atoms with Crippen LogP contribution in [0.4, 0.5) is 0 Å². The Morgan fingerprint density at radius 2 is 1.81 bits per heavy atom. The lowest BCUT2D eigenvalue weighted by molar-refractivity contribution is 0.663. The second kappa shape index (κ2) is 7.99. The second-order valence-electron chi connectivity index (χ2n) is 7.66. The van der Waals surface area contributed by atoms with E-state index in [-0.39, 0.29) is 5.69 Å². The summed E-state index contributed by atoms with van der Waals surface area (Å²) >= 11 is 6.06. The maximum absolute atomic E-state index is 13.5. The molecule has 156 valence electrons. The molecule has 0 spiro atoms. The van der Waals surface area contributed by atoms with Crippen LogP contribution in [0.5, 0.6) is 0 Å². The Hall–Kier alpha value is -3.88. The minimum atomic E-state index is -0.136. The molecule has 0 saturated heterocycles. The highest BCUT2D eigenvalue weighted by atomic mass is 35.5. The lowest BCUT2D eigenvalue weighted by Gasteiger charge is -2.08. The summed E-state index contributed by atoms with van der Waals surface area (Å²) < 4.78 is 3.46. The third-order valence-corrected chi connectivity index (χ3v) is 5.87. The Balaban J connectivity index is 1.88. The Labute approximate surface area is 189 Å². The fourth-order valence-electron chi connectivity index (χ4n) is 4.14. The summed E-state index contributed by atoms with van der Waals surface area (Å²) in [5.41, 5.74) is 5.44. The van der Waals surface area contributed by atoms with Gasteiger partial charge in [0.05, 0.1) is 40.1 Å². The van der Waals surface area contributed by atoms with Gasteiger partial charge in [-0.1, -0.05) is 42.8 Å². The summed E-state index contributed by atoms with van der Waals surface area (Å²) in [6.07, 6.45) is 2.58. The highest BCUT2D eigenvalue weighted by molar-refractivity contribution is 6.30. The van der Waals surface area contributed by atoms with Crippen molar-refractivity contribution in [1.29, 1.82) is 5.26 Å². The van der Waals surface area contributed by atoms with Crippen LogP contribution >= 0.6 is 11.6 Å². The zero-order chi connectivity index (χ0) is 22.2. The molecule has 0 aliphatic rings. The van der Waals surface area contributed by atoms with Gasteiger partial charge in [0.1, 0.15) is 0 Å². The molecule has 32 heavy (non-hydrogen) atoms. The largest absolute Gasteiger partial charge is 0.333 e. The number of halogens is 1. The number of nitrogens with zero attached hydrogens (tertiary/aromatic N) is 4. The van der Waals surface area contributed by atoms with Crippen molar-refractivity contribution in [3.63, 3.8) is 0 Å². The molecule has 0 atom stereocenters. The van der Waals surface area contributed by atoms with Gasteiger partial charge in [-0.15, -0.1) is 0 Å². The number of benzene rings is 3. The first-order valence-electron chi connectivity index (χ1n) is 10.4. The molecule has 2 heterocycles. The van der Waals surface area contributed by atoms with E-state index >= 15 is 0 Å². The fraction of sp³-hybridized carbons (Fsp3) is 0.115. The lowest BCUT2D eigenvalue weighted by atomic mass is 10.0. The third kappa shape index (κ3) is 3.26. The molecular weight excluding hydrogens is 420 g/mol. The summed E-state index contributed by atoms with van der Waals surface area (Å²) in [6.45, 7) is 2.63. The van der Waals surface area contributed by atoms with E-state index in [4.69, 9.17) is 11.6 Å². The minimum Gasteiger partial charge on any atom is -0.290 e. The van der Waals surface area contributed by atoms with Crippen molar-refractivity contribution in [3.8, 4) is 22.9 Å². The molecule has 2 aromatic heterocycles. The first kappa shape index (κ1) is 20.0. The number of aromatic nitrogens is 3. The number of fused-ring (bicyclic) bond motifs is 3. The Morgan fingerprint density at radius 1 is 1.03 bits per heavy atom. The van der Waals surface area contributed by atoms with Gasteiger partial charge in [-0.2, -0.15) is 5.26 Å². The molecule has 0 fully saturated rings. The standard InChI is InChI=1S/C26H19ClN4O/c1-2-12-30-24-16-29-23-11-8-19(18-6-9-20(27)10-7-18)14-22(23)25(24)31(26(30)32)21-5-3-4-17(13-21)15-28/h3-11,13-14,16H,2,12H2,1H3. The van der Waals surface area contributed by atoms with Crippen LogP contribution in [0.1, 0.15) is 18.9 Å². The van der Waals surface area contributed by atoms with Crippen LogP contribution in [0.15, 0.2) is 77.7 Å². The molecule has 3 aromatic carbocycles. The highest BCUT2D eigenvalue weighted by Gasteiger charge is 2.18. The molecule has 6 heteroatoms. The number of pyridine rings is 1. The third-order valence-electron chi connectivity index (χ3n) is 5.62. The quantitative estimate of drug-likeness (QED) is 0.348. The van der Waals surface area contributed by atoms with Crippen molar-refractivity contribution >= 4 is 33.5 Å². The first-order valence-corrected chi connectivity index (χ1v) is 10.8. The average molecular weight is 439 g/mol. The predicted octanol–water partition coefficient (Wildman–Crippen LogP) is 5.94. The van der Waals surface area contributed by atoms with E-state index < -0.39 is 0 Å². The zero-order valence-corrected chi connectivity index (χ0v) is 18.2. The molecule has 0 saturated carbocycles. The zero-order valence-electron chi connectivity index (χ0n) is 17.4. The molecular formula is C26H19ClN4O. The van der Waals surface area contributed by atoms with Gasteiger partial charge in [0.15, 0.2) is 0 Å². The maximum atomic E-state index is 13.5. The van der Waals surface area contributed by atoms with Crippen LogP contribution in [0.25, 0.3) is 38.8 Å². The van der Waals surface area contributed by atoms with Gasteiger partial charge in [0, 0.05) is 17.0 Å². The van der Waals surface area contributed by atoms with Crippen molar-refractivity contribution in [3.05, 3.63) is 94.0 Å². The van der Waals surface area contributed by atoms with E-state index in [1.54, 1.807) is 33.5 Å². The van der Waals surface area contributed by atoms with Crippen molar-refractivity contribution in [2.24, 2.45) is 0 Å². The molecule has 5 aromatic rings. The SMILES string of the molecule is CCCn1c(=O)n(-c2cccc(C#N)c2)c2c3cc(-c4ccc(Cl)cc4)ccc3ncc21. The van der Waals surface area contributed by atoms with Gasteiger partial charge in [0.25, 0.3) is 0 Å². The second-order valence-corrected chi connectivity index (χ2v) is 8.10. The normalized spacial score (nSPS) is 11.2. The number of nitriles is 1. The topological polar surface area (TPSA) is 63.6 Å². The predicted molar refractivity (Wildman–Crippen MR) is 128 cm³/mol. The van der Waals surface area contributed by atoms with Crippen LogP contribution in [0.3, 0.4) is 0 Å². The number of hydrogen-bond acceptors (Lipinski definition) is 3. The van der Waals surface area contributed by atoms with Crippen LogP contribution in [0.2, 0.25) is 5.02 Å². The Kier molecular flexibility index (Phi) is 5.01. The molecule has 0 aliphatic carbocycles. The molecule has 0 bridgehead atoms. The fourth-order valence-corrected chi connectivity index (χ4v) is 4.26. The van der Waals surface area contributed by atoms with Crippen molar-refractivity contribution in [1.82, 2.24) is 14.1 Å². The van der Waals surface area contributed by atoms with Crippen LogP contribution in [-0.4, -0.2) is 14.1 Å². The number of hydrogen-bond donors (Lipinski definition) is 0. The number of imidazole rings is 1. The van der Waals surface area contributed by atoms with Gasteiger partial charge >= 0.3 is 5.69 Å². The summed E-state index contributed by atoms with van der Waals surface area (Å²) in [5.74, 6) is 0. The van der Waals surface area contributed by atoms with E-state index in [1.807, 2.05) is 49.4 Å². The molecule has 0 amide bonds. The molecule has 0 N–H and O–H groups in total. The minimum absolute atomic E-state index is 0.136. The van der Waals surface area contributed by atoms with E-state index in [1.165, 1.54) is 0 Å². The van der Waals surface area contributed by atoms with Gasteiger partial charge in [-0.3, -0.25) is 14.1 Å². The monoisotopic (exact) mass is 438 g/mol. The molecule has 5 nitrogen and oxygen atoms in total. The molecule has 0 aliphatic heterocycles. The first-order chi connectivity index (χ1) is 15.6. The maximum Gasteiger partial charge on any atom is 0.333 e. The summed E-state index contributed by atoms with van der Waals surface area (Å²) in [4.78, 5) is 18.2. The van der Waals surface area contributed by atoms with Gasteiger partial charge in [0.2, 0.25) is 0 Å². The number of aryl methyl sites for hydroxylation is 1.